The molecule has 0 radical (unpaired) electrons. The molecule has 11 heteroatoms. The predicted octanol–water partition coefficient (Wildman–Crippen LogP) is 4.09. The van der Waals surface area contributed by atoms with Crippen LogP contribution in [-0.4, -0.2) is 22.1 Å². The van der Waals surface area contributed by atoms with Crippen LogP contribution in [0.3, 0.4) is 0 Å². The number of carbonyl (C=O) groups excluding carboxylic acids is 1. The van der Waals surface area contributed by atoms with Crippen molar-refractivity contribution in [1.82, 2.24) is 15.5 Å². The molecule has 2 aromatic rings. The summed E-state index contributed by atoms with van der Waals surface area (Å²) in [6, 6.07) is 3.96. The molecular weight excluding hydrogens is 443 g/mol. The third kappa shape index (κ3) is 4.11. The number of H-pyrrole nitrogens is 1. The first kappa shape index (κ1) is 21.2. The highest BCUT2D eigenvalue weighted by molar-refractivity contribution is 6.37. The fourth-order valence-corrected chi connectivity index (χ4v) is 4.04. The molecule has 9 nitrogen and oxygen atoms in total. The van der Waals surface area contributed by atoms with Gasteiger partial charge in [0.15, 0.2) is 11.6 Å². The number of aromatic nitrogens is 2. The van der Waals surface area contributed by atoms with E-state index >= 15 is 0 Å². The van der Waals surface area contributed by atoms with Gasteiger partial charge in [-0.05, 0) is 36.8 Å². The van der Waals surface area contributed by atoms with E-state index in [1.807, 2.05) is 6.92 Å². The van der Waals surface area contributed by atoms with Gasteiger partial charge in [0.1, 0.15) is 0 Å². The lowest BCUT2D eigenvalue weighted by molar-refractivity contribution is 0.248. The number of hydrazone groups is 1. The van der Waals surface area contributed by atoms with Gasteiger partial charge >= 0.3 is 6.03 Å². The standard InChI is InChI=1S/C20H20Cl2N6O3/c1-9(11-4-3-5-11)13-8-16(25-26-19(13)29)31-17-14(21)6-12(7-15(17)22)28-20(30)24-10(2)18(23)27-28/h6-9,11H,2-5H2,1H3,(H2,23,27)(H,24,30)(H,26,29)/t9-/m0/s1. The summed E-state index contributed by atoms with van der Waals surface area (Å²) in [5, 5.41) is 14.1. The number of hydrogen-bond donors (Lipinski definition) is 3. The first-order valence-electron chi connectivity index (χ1n) is 9.65. The van der Waals surface area contributed by atoms with Crippen molar-refractivity contribution in [3.05, 3.63) is 56.4 Å². The highest BCUT2D eigenvalue weighted by Gasteiger charge is 2.28. The number of nitrogens with two attached hydrogens (primary N) is 1. The summed E-state index contributed by atoms with van der Waals surface area (Å²) in [7, 11) is 0. The zero-order valence-corrected chi connectivity index (χ0v) is 18.1. The Morgan fingerprint density at radius 2 is 1.94 bits per heavy atom. The Hall–Kier alpha value is -3.04. The second-order valence-corrected chi connectivity index (χ2v) is 8.33. The van der Waals surface area contributed by atoms with Crippen LogP contribution in [0.4, 0.5) is 10.5 Å². The number of carbonyl (C=O) groups is 1. The van der Waals surface area contributed by atoms with Gasteiger partial charge in [0.25, 0.3) is 5.56 Å². The maximum absolute atomic E-state index is 12.2. The number of benzene rings is 1. The van der Waals surface area contributed by atoms with E-state index in [2.05, 4.69) is 27.2 Å². The van der Waals surface area contributed by atoms with E-state index in [0.717, 1.165) is 17.9 Å². The molecule has 162 valence electrons. The quantitative estimate of drug-likeness (QED) is 0.616. The average molecular weight is 463 g/mol. The molecule has 1 aromatic heterocycles. The van der Waals surface area contributed by atoms with Gasteiger partial charge < -0.3 is 15.8 Å². The Morgan fingerprint density at radius 1 is 1.26 bits per heavy atom. The van der Waals surface area contributed by atoms with Crippen molar-refractivity contribution in [2.24, 2.45) is 16.8 Å². The molecule has 1 saturated carbocycles. The number of hydrogen-bond acceptors (Lipinski definition) is 6. The van der Waals surface area contributed by atoms with Gasteiger partial charge in [-0.15, -0.1) is 10.2 Å². The van der Waals surface area contributed by atoms with Crippen molar-refractivity contribution < 1.29 is 9.53 Å². The van der Waals surface area contributed by atoms with E-state index in [1.165, 1.54) is 18.6 Å². The van der Waals surface area contributed by atoms with Crippen molar-refractivity contribution >= 4 is 40.8 Å². The number of nitrogens with one attached hydrogen (secondary N) is 2. The fraction of sp³-hybridized carbons (Fsp3) is 0.300. The average Bonchev–Trinajstić information content (AvgIpc) is 2.67. The molecule has 1 aromatic carbocycles. The highest BCUT2D eigenvalue weighted by atomic mass is 35.5. The smallest absolute Gasteiger partial charge is 0.347 e. The normalized spacial score (nSPS) is 17.6. The zero-order valence-electron chi connectivity index (χ0n) is 16.6. The molecule has 0 bridgehead atoms. The number of nitrogens with zero attached hydrogens (tertiary/aromatic N) is 3. The molecule has 1 atom stereocenters. The van der Waals surface area contributed by atoms with Crippen LogP contribution in [-0.2, 0) is 0 Å². The van der Waals surface area contributed by atoms with Gasteiger partial charge in [0.2, 0.25) is 5.88 Å². The lowest BCUT2D eigenvalue weighted by Crippen LogP contribution is -2.45. The van der Waals surface area contributed by atoms with Crippen molar-refractivity contribution in [3.8, 4) is 11.6 Å². The van der Waals surface area contributed by atoms with Gasteiger partial charge in [0.05, 0.1) is 21.4 Å². The second-order valence-electron chi connectivity index (χ2n) is 7.52. The minimum atomic E-state index is -0.558. The number of amidine groups is 1. The maximum Gasteiger partial charge on any atom is 0.347 e. The largest absolute Gasteiger partial charge is 0.434 e. The Labute approximate surface area is 187 Å². The number of ether oxygens (including phenoxy) is 1. The predicted molar refractivity (Wildman–Crippen MR) is 119 cm³/mol. The number of halogens is 2. The van der Waals surface area contributed by atoms with Crippen molar-refractivity contribution in [2.45, 2.75) is 32.1 Å². The number of rotatable bonds is 5. The lowest BCUT2D eigenvalue weighted by atomic mass is 9.74. The van der Waals surface area contributed by atoms with Gasteiger partial charge in [0, 0.05) is 11.6 Å². The Balaban J connectivity index is 1.62. The Morgan fingerprint density at radius 3 is 2.55 bits per heavy atom. The van der Waals surface area contributed by atoms with Crippen LogP contribution in [0.15, 0.2) is 40.4 Å². The molecule has 1 fully saturated rings. The number of anilines is 1. The van der Waals surface area contributed by atoms with E-state index in [-0.39, 0.29) is 50.4 Å². The van der Waals surface area contributed by atoms with Gasteiger partial charge in [-0.3, -0.25) is 4.79 Å². The van der Waals surface area contributed by atoms with Gasteiger partial charge in [-0.2, -0.15) is 5.01 Å². The highest BCUT2D eigenvalue weighted by Crippen LogP contribution is 2.41. The summed E-state index contributed by atoms with van der Waals surface area (Å²) in [5.41, 5.74) is 6.58. The van der Waals surface area contributed by atoms with Crippen LogP contribution in [0.5, 0.6) is 11.6 Å². The third-order valence-electron chi connectivity index (χ3n) is 5.56. The summed E-state index contributed by atoms with van der Waals surface area (Å²) in [6.45, 7) is 5.62. The molecule has 31 heavy (non-hydrogen) atoms. The van der Waals surface area contributed by atoms with Crippen molar-refractivity contribution in [3.63, 3.8) is 0 Å². The molecule has 2 heterocycles. The Kier molecular flexibility index (Phi) is 5.63. The van der Waals surface area contributed by atoms with E-state index in [4.69, 9.17) is 33.7 Å². The summed E-state index contributed by atoms with van der Waals surface area (Å²) < 4.78 is 5.79. The number of urea groups is 1. The number of amides is 2. The van der Waals surface area contributed by atoms with Gasteiger partial charge in [-0.1, -0.05) is 43.1 Å². The summed E-state index contributed by atoms with van der Waals surface area (Å²) in [6.07, 6.45) is 3.38. The molecule has 4 rings (SSSR count). The monoisotopic (exact) mass is 462 g/mol. The number of aromatic amines is 1. The molecule has 1 aliphatic heterocycles. The molecule has 1 aliphatic carbocycles. The van der Waals surface area contributed by atoms with Crippen LogP contribution >= 0.6 is 23.2 Å². The fourth-order valence-electron chi connectivity index (χ4n) is 3.49. The Bertz CT molecular complexity index is 1130. The van der Waals surface area contributed by atoms with Crippen LogP contribution in [0.2, 0.25) is 10.0 Å². The molecule has 0 spiro atoms. The molecule has 2 amide bonds. The van der Waals surface area contributed by atoms with Crippen LogP contribution in [0.1, 0.15) is 37.7 Å². The van der Waals surface area contributed by atoms with Crippen LogP contribution in [0, 0.1) is 5.92 Å². The minimum absolute atomic E-state index is 0.0534. The lowest BCUT2D eigenvalue weighted by Gasteiger charge is -2.31. The molecule has 4 N–H and O–H groups in total. The molecular formula is C20H20Cl2N6O3. The summed E-state index contributed by atoms with van der Waals surface area (Å²) >= 11 is 12.7. The van der Waals surface area contributed by atoms with E-state index in [1.54, 1.807) is 6.07 Å². The maximum atomic E-state index is 12.2. The molecule has 0 saturated heterocycles. The summed E-state index contributed by atoms with van der Waals surface area (Å²) in [4.78, 5) is 24.4. The minimum Gasteiger partial charge on any atom is -0.434 e. The van der Waals surface area contributed by atoms with Crippen molar-refractivity contribution in [2.75, 3.05) is 5.01 Å². The second kappa shape index (κ2) is 8.24. The van der Waals surface area contributed by atoms with Crippen LogP contribution < -0.4 is 26.4 Å². The van der Waals surface area contributed by atoms with Gasteiger partial charge in [-0.25, -0.2) is 9.89 Å². The van der Waals surface area contributed by atoms with E-state index < -0.39 is 6.03 Å². The van der Waals surface area contributed by atoms with E-state index in [0.29, 0.717) is 11.5 Å². The topological polar surface area (TPSA) is 126 Å². The first-order chi connectivity index (χ1) is 14.7. The zero-order chi connectivity index (χ0) is 22.3. The third-order valence-corrected chi connectivity index (χ3v) is 6.12. The molecule has 0 unspecified atom stereocenters. The molecule has 2 aliphatic rings. The van der Waals surface area contributed by atoms with Crippen molar-refractivity contribution in [1.29, 1.82) is 0 Å². The van der Waals surface area contributed by atoms with E-state index in [9.17, 15) is 9.59 Å². The SMILES string of the molecule is C=C1NC(=O)N(c2cc(Cl)c(Oc3cc([C@@H](C)C4CCC4)c(=O)[nH]n3)c(Cl)c2)N=C1N. The first-order valence-corrected chi connectivity index (χ1v) is 10.4. The van der Waals surface area contributed by atoms with Crippen LogP contribution in [0.25, 0.3) is 0 Å². The summed E-state index contributed by atoms with van der Waals surface area (Å²) in [5.74, 6) is 0.909.